The maximum absolute atomic E-state index is 12.6. The van der Waals surface area contributed by atoms with E-state index in [-0.39, 0.29) is 19.4 Å². The van der Waals surface area contributed by atoms with Crippen LogP contribution in [-0.4, -0.2) is 76.9 Å². The summed E-state index contributed by atoms with van der Waals surface area (Å²) < 4.78 is 32.6. The van der Waals surface area contributed by atoms with Crippen molar-refractivity contribution < 1.29 is 52.9 Å². The molecular weight excluding hydrogens is 759 g/mol. The average Bonchev–Trinajstić information content (AvgIpc) is 3.21. The van der Waals surface area contributed by atoms with Crippen LogP contribution in [-0.2, 0) is 32.7 Å². The quantitative estimate of drug-likeness (QED) is 0.0152. The Hall–Kier alpha value is -2.63. The van der Waals surface area contributed by atoms with E-state index in [9.17, 15) is 29.3 Å². The van der Waals surface area contributed by atoms with Gasteiger partial charge in [0.2, 0.25) is 0 Å². The van der Waals surface area contributed by atoms with Gasteiger partial charge in [-0.2, -0.15) is 0 Å². The van der Waals surface area contributed by atoms with E-state index >= 15 is 0 Å². The molecule has 0 aliphatic carbocycles. The van der Waals surface area contributed by atoms with E-state index in [1.54, 1.807) is 18.2 Å². The summed E-state index contributed by atoms with van der Waals surface area (Å²) in [6.45, 7) is 2.14. The first-order chi connectivity index (χ1) is 28.1. The van der Waals surface area contributed by atoms with Gasteiger partial charge < -0.3 is 29.7 Å². The van der Waals surface area contributed by atoms with E-state index in [4.69, 9.17) is 19.1 Å². The average molecular weight is 839 g/mol. The molecule has 334 valence electrons. The Morgan fingerprint density at radius 3 is 1.71 bits per heavy atom. The Bertz CT molecular complexity index is 1210. The van der Waals surface area contributed by atoms with E-state index in [0.29, 0.717) is 25.7 Å². The highest BCUT2D eigenvalue weighted by Gasteiger charge is 2.27. The summed E-state index contributed by atoms with van der Waals surface area (Å²) in [5.41, 5.74) is 0. The number of phosphoric acid groups is 1. The van der Waals surface area contributed by atoms with Crippen molar-refractivity contribution in [2.45, 2.75) is 180 Å². The first-order valence-electron chi connectivity index (χ1n) is 22.0. The molecule has 0 aromatic heterocycles. The van der Waals surface area contributed by atoms with Gasteiger partial charge in [-0.3, -0.25) is 18.6 Å². The minimum absolute atomic E-state index is 0.0441. The summed E-state index contributed by atoms with van der Waals surface area (Å²) in [4.78, 5) is 35.0. The van der Waals surface area contributed by atoms with Gasteiger partial charge in [0.05, 0.1) is 25.9 Å². The van der Waals surface area contributed by atoms with Crippen LogP contribution in [0.5, 0.6) is 0 Å². The fourth-order valence-corrected chi connectivity index (χ4v) is 6.24. The summed E-state index contributed by atoms with van der Waals surface area (Å²) in [6.07, 6.45) is 43.2. The summed E-state index contributed by atoms with van der Waals surface area (Å²) in [5, 5.41) is 28.5. The first kappa shape index (κ1) is 55.4. The number of ether oxygens (including phenoxy) is 2. The summed E-state index contributed by atoms with van der Waals surface area (Å²) in [7, 11) is -4.66. The predicted octanol–water partition coefficient (Wildman–Crippen LogP) is 10.6. The Kier molecular flexibility index (Phi) is 39.3. The SMILES string of the molecule is CCCCC/C=C\C/C=C\CCCCCCCCCC(=O)OC[C@H](COP(=O)(O)OC[C@@H](O)CO)OC(=O)CCC/C=C/C=C\C(O)C/C=C\C/C=C\CCCCC. The normalized spacial score (nSPS) is 15.1. The van der Waals surface area contributed by atoms with Gasteiger partial charge in [0.25, 0.3) is 0 Å². The largest absolute Gasteiger partial charge is 0.472 e. The second-order valence-corrected chi connectivity index (χ2v) is 16.0. The number of hydrogen-bond acceptors (Lipinski definition) is 10. The molecule has 0 aromatic carbocycles. The number of aliphatic hydroxyl groups excluding tert-OH is 3. The third-order valence-corrected chi connectivity index (χ3v) is 9.86. The molecule has 4 N–H and O–H groups in total. The van der Waals surface area contributed by atoms with E-state index in [0.717, 1.165) is 51.4 Å². The number of carbonyl (C=O) groups excluding carboxylic acids is 2. The molecule has 0 spiro atoms. The Labute approximate surface area is 351 Å². The fraction of sp³-hybridized carbons (Fsp3) is 0.696. The van der Waals surface area contributed by atoms with E-state index in [1.807, 2.05) is 18.2 Å². The highest BCUT2D eigenvalue weighted by atomic mass is 31.2. The van der Waals surface area contributed by atoms with Crippen molar-refractivity contribution in [1.29, 1.82) is 0 Å². The molecule has 0 saturated carbocycles. The summed E-state index contributed by atoms with van der Waals surface area (Å²) >= 11 is 0. The predicted molar refractivity (Wildman–Crippen MR) is 234 cm³/mol. The van der Waals surface area contributed by atoms with Gasteiger partial charge in [-0.25, -0.2) is 4.57 Å². The van der Waals surface area contributed by atoms with Crippen LogP contribution in [0.1, 0.15) is 162 Å². The van der Waals surface area contributed by atoms with E-state index < -0.39 is 57.9 Å². The topological polar surface area (TPSA) is 169 Å². The molecule has 0 amide bonds. The van der Waals surface area contributed by atoms with Crippen molar-refractivity contribution >= 4 is 19.8 Å². The van der Waals surface area contributed by atoms with Crippen LogP contribution in [0, 0.1) is 0 Å². The van der Waals surface area contributed by atoms with Crippen molar-refractivity contribution in [3.05, 3.63) is 72.9 Å². The van der Waals surface area contributed by atoms with Gasteiger partial charge in [-0.15, -0.1) is 0 Å². The fourth-order valence-electron chi connectivity index (χ4n) is 5.45. The molecule has 0 aliphatic rings. The van der Waals surface area contributed by atoms with Crippen LogP contribution in [0.3, 0.4) is 0 Å². The third kappa shape index (κ3) is 40.2. The lowest BCUT2D eigenvalue weighted by Crippen LogP contribution is -2.29. The molecule has 0 fully saturated rings. The second kappa shape index (κ2) is 41.1. The number of esters is 2. The van der Waals surface area contributed by atoms with Gasteiger partial charge in [-0.05, 0) is 77.0 Å². The molecule has 11 nitrogen and oxygen atoms in total. The van der Waals surface area contributed by atoms with Gasteiger partial charge in [0, 0.05) is 12.8 Å². The van der Waals surface area contributed by atoms with Gasteiger partial charge in [0.15, 0.2) is 6.10 Å². The standard InChI is InChI=1S/C46H79O11P/c1-3-5-7-9-11-13-14-15-16-17-18-19-20-22-24-28-32-36-45(50)54-40-44(41-56-58(52,53)55-39-43(49)38-47)57-46(51)37-33-29-25-27-31-35-42(48)34-30-26-23-21-12-10-8-6-4-2/h11-13,15-16,21,25-27,30-31,35,42-44,47-49H,3-10,14,17-20,22-24,28-29,32-34,36-41H2,1-2H3,(H,52,53)/b13-11-,16-15-,21-12-,27-25+,30-26-,35-31-/t42?,43-,44+/m0/s1. The van der Waals surface area contributed by atoms with Gasteiger partial charge in [0.1, 0.15) is 12.7 Å². The molecule has 0 heterocycles. The number of carbonyl (C=O) groups is 2. The maximum atomic E-state index is 12.6. The Balaban J connectivity index is 4.49. The van der Waals surface area contributed by atoms with E-state index in [1.165, 1.54) is 57.8 Å². The van der Waals surface area contributed by atoms with Crippen LogP contribution < -0.4 is 0 Å². The second-order valence-electron chi connectivity index (χ2n) is 14.6. The first-order valence-corrected chi connectivity index (χ1v) is 23.5. The smallest absolute Gasteiger partial charge is 0.462 e. The van der Waals surface area contributed by atoms with Crippen LogP contribution >= 0.6 is 7.82 Å². The van der Waals surface area contributed by atoms with Crippen LogP contribution in [0.2, 0.25) is 0 Å². The molecule has 2 unspecified atom stereocenters. The highest BCUT2D eigenvalue weighted by molar-refractivity contribution is 7.47. The number of rotatable bonds is 40. The molecule has 0 bridgehead atoms. The molecule has 4 atom stereocenters. The van der Waals surface area contributed by atoms with Gasteiger partial charge in [-0.1, -0.05) is 145 Å². The maximum Gasteiger partial charge on any atom is 0.472 e. The molecular formula is C46H79O11P. The van der Waals surface area contributed by atoms with Crippen molar-refractivity contribution in [3.8, 4) is 0 Å². The van der Waals surface area contributed by atoms with Crippen LogP contribution in [0.15, 0.2) is 72.9 Å². The van der Waals surface area contributed by atoms with Crippen molar-refractivity contribution in [3.63, 3.8) is 0 Å². The number of aliphatic hydroxyl groups is 3. The Morgan fingerprint density at radius 1 is 0.586 bits per heavy atom. The number of hydrogen-bond donors (Lipinski definition) is 4. The third-order valence-electron chi connectivity index (χ3n) is 8.91. The zero-order valence-electron chi connectivity index (χ0n) is 35.8. The number of unbranched alkanes of at least 4 members (excludes halogenated alkanes) is 14. The highest BCUT2D eigenvalue weighted by Crippen LogP contribution is 2.43. The van der Waals surface area contributed by atoms with E-state index in [2.05, 4.69) is 54.8 Å². The zero-order valence-corrected chi connectivity index (χ0v) is 36.7. The van der Waals surface area contributed by atoms with Crippen molar-refractivity contribution in [2.75, 3.05) is 26.4 Å². The molecule has 0 radical (unpaired) electrons. The minimum Gasteiger partial charge on any atom is -0.462 e. The lowest BCUT2D eigenvalue weighted by Gasteiger charge is -2.20. The number of phosphoric ester groups is 1. The molecule has 0 saturated heterocycles. The number of allylic oxidation sites excluding steroid dienone is 10. The zero-order chi connectivity index (χ0) is 42.8. The lowest BCUT2D eigenvalue weighted by molar-refractivity contribution is -0.161. The Morgan fingerprint density at radius 2 is 1.10 bits per heavy atom. The molecule has 12 heteroatoms. The molecule has 0 aliphatic heterocycles. The molecule has 58 heavy (non-hydrogen) atoms. The minimum atomic E-state index is -4.66. The lowest BCUT2D eigenvalue weighted by atomic mass is 10.1. The van der Waals surface area contributed by atoms with Crippen LogP contribution in [0.25, 0.3) is 0 Å². The summed E-state index contributed by atoms with van der Waals surface area (Å²) in [5.74, 6) is -1.07. The van der Waals surface area contributed by atoms with Gasteiger partial charge >= 0.3 is 19.8 Å². The molecule has 0 rings (SSSR count). The van der Waals surface area contributed by atoms with Crippen molar-refractivity contribution in [2.24, 2.45) is 0 Å². The van der Waals surface area contributed by atoms with Crippen molar-refractivity contribution in [1.82, 2.24) is 0 Å². The van der Waals surface area contributed by atoms with Crippen LogP contribution in [0.4, 0.5) is 0 Å². The monoisotopic (exact) mass is 839 g/mol. The summed E-state index contributed by atoms with van der Waals surface area (Å²) in [6, 6.07) is 0. The molecule has 0 aromatic rings.